The largest absolute Gasteiger partial charge is 0.354 e. The SMILES string of the molecule is C[C@H]1[C@H]2CCCCN2CN1c1ccccc1. The Hall–Kier alpha value is -1.02. The summed E-state index contributed by atoms with van der Waals surface area (Å²) in [4.78, 5) is 5.21. The zero-order valence-electron chi connectivity index (χ0n) is 9.97. The average Bonchev–Trinajstić information content (AvgIpc) is 2.69. The summed E-state index contributed by atoms with van der Waals surface area (Å²) in [6.45, 7) is 4.79. The lowest BCUT2D eigenvalue weighted by Crippen LogP contribution is -2.38. The Morgan fingerprint density at radius 3 is 2.69 bits per heavy atom. The summed E-state index contributed by atoms with van der Waals surface area (Å²) in [7, 11) is 0. The number of para-hydroxylation sites is 1. The van der Waals surface area contributed by atoms with Crippen LogP contribution in [0.2, 0.25) is 0 Å². The van der Waals surface area contributed by atoms with Gasteiger partial charge < -0.3 is 4.90 Å². The van der Waals surface area contributed by atoms with E-state index in [0.29, 0.717) is 6.04 Å². The van der Waals surface area contributed by atoms with Gasteiger partial charge in [0.05, 0.1) is 6.67 Å². The number of fused-ring (bicyclic) bond motifs is 1. The Balaban J connectivity index is 1.83. The van der Waals surface area contributed by atoms with Crippen molar-refractivity contribution in [2.75, 3.05) is 18.1 Å². The van der Waals surface area contributed by atoms with Crippen molar-refractivity contribution >= 4 is 5.69 Å². The molecule has 2 nitrogen and oxygen atoms in total. The first-order valence-corrected chi connectivity index (χ1v) is 6.42. The van der Waals surface area contributed by atoms with E-state index in [1.54, 1.807) is 0 Å². The summed E-state index contributed by atoms with van der Waals surface area (Å²) in [6, 6.07) is 12.3. The minimum atomic E-state index is 0.669. The third-order valence-corrected chi connectivity index (χ3v) is 4.13. The minimum Gasteiger partial charge on any atom is -0.354 e. The maximum Gasteiger partial charge on any atom is 0.0713 e. The van der Waals surface area contributed by atoms with Crippen LogP contribution in [-0.2, 0) is 0 Å². The van der Waals surface area contributed by atoms with Crippen LogP contribution in [0.15, 0.2) is 30.3 Å². The Bertz CT molecular complexity index is 349. The molecule has 0 saturated carbocycles. The van der Waals surface area contributed by atoms with Crippen molar-refractivity contribution in [2.45, 2.75) is 38.3 Å². The monoisotopic (exact) mass is 216 g/mol. The minimum absolute atomic E-state index is 0.669. The van der Waals surface area contributed by atoms with E-state index in [4.69, 9.17) is 0 Å². The van der Waals surface area contributed by atoms with E-state index in [0.717, 1.165) is 12.7 Å². The molecule has 1 aromatic rings. The first kappa shape index (κ1) is 10.2. The van der Waals surface area contributed by atoms with Gasteiger partial charge in [-0.3, -0.25) is 4.90 Å². The molecule has 2 aliphatic heterocycles. The zero-order chi connectivity index (χ0) is 11.0. The van der Waals surface area contributed by atoms with Gasteiger partial charge in [0.15, 0.2) is 0 Å². The Kier molecular flexibility index (Phi) is 2.60. The van der Waals surface area contributed by atoms with Crippen LogP contribution in [0.4, 0.5) is 5.69 Å². The van der Waals surface area contributed by atoms with Gasteiger partial charge in [0.1, 0.15) is 0 Å². The molecule has 0 amide bonds. The summed E-state index contributed by atoms with van der Waals surface area (Å²) in [5.41, 5.74) is 1.38. The molecule has 0 aromatic heterocycles. The molecule has 2 heterocycles. The van der Waals surface area contributed by atoms with Gasteiger partial charge in [0.2, 0.25) is 0 Å². The van der Waals surface area contributed by atoms with Gasteiger partial charge in [-0.2, -0.15) is 0 Å². The van der Waals surface area contributed by atoms with Gasteiger partial charge in [-0.1, -0.05) is 24.6 Å². The lowest BCUT2D eigenvalue weighted by atomic mass is 9.99. The highest BCUT2D eigenvalue weighted by atomic mass is 15.4. The predicted octanol–water partition coefficient (Wildman–Crippen LogP) is 2.71. The highest BCUT2D eigenvalue weighted by Crippen LogP contribution is 2.32. The molecule has 0 radical (unpaired) electrons. The van der Waals surface area contributed by atoms with E-state index in [-0.39, 0.29) is 0 Å². The summed E-state index contributed by atoms with van der Waals surface area (Å²) in [5.74, 6) is 0. The van der Waals surface area contributed by atoms with Gasteiger partial charge in [-0.15, -0.1) is 0 Å². The molecular formula is C14H20N2. The van der Waals surface area contributed by atoms with Crippen molar-refractivity contribution in [3.05, 3.63) is 30.3 Å². The second-order valence-corrected chi connectivity index (χ2v) is 5.06. The third-order valence-electron chi connectivity index (χ3n) is 4.13. The number of piperidine rings is 1. The quantitative estimate of drug-likeness (QED) is 0.712. The molecule has 3 rings (SSSR count). The summed E-state index contributed by atoms with van der Waals surface area (Å²) >= 11 is 0. The molecule has 2 saturated heterocycles. The molecule has 2 atom stereocenters. The third kappa shape index (κ3) is 1.61. The van der Waals surface area contributed by atoms with Gasteiger partial charge in [0, 0.05) is 24.3 Å². The van der Waals surface area contributed by atoms with E-state index in [1.165, 1.54) is 31.5 Å². The molecule has 1 aromatic carbocycles. The van der Waals surface area contributed by atoms with Crippen molar-refractivity contribution < 1.29 is 0 Å². The molecule has 16 heavy (non-hydrogen) atoms. The van der Waals surface area contributed by atoms with Gasteiger partial charge >= 0.3 is 0 Å². The van der Waals surface area contributed by atoms with Crippen molar-refractivity contribution in [3.8, 4) is 0 Å². The van der Waals surface area contributed by atoms with Crippen LogP contribution in [0.1, 0.15) is 26.2 Å². The number of rotatable bonds is 1. The summed E-state index contributed by atoms with van der Waals surface area (Å²) in [5, 5.41) is 0. The molecule has 0 unspecified atom stereocenters. The van der Waals surface area contributed by atoms with E-state index in [9.17, 15) is 0 Å². The highest BCUT2D eigenvalue weighted by Gasteiger charge is 2.38. The van der Waals surface area contributed by atoms with Crippen molar-refractivity contribution in [2.24, 2.45) is 0 Å². The van der Waals surface area contributed by atoms with Crippen LogP contribution in [0.5, 0.6) is 0 Å². The van der Waals surface area contributed by atoms with E-state index in [1.807, 2.05) is 0 Å². The normalized spacial score (nSPS) is 30.4. The molecule has 2 heteroatoms. The van der Waals surface area contributed by atoms with Crippen molar-refractivity contribution in [1.29, 1.82) is 0 Å². The predicted molar refractivity (Wildman–Crippen MR) is 67.6 cm³/mol. The molecule has 0 bridgehead atoms. The number of hydrogen-bond acceptors (Lipinski definition) is 2. The van der Waals surface area contributed by atoms with Crippen LogP contribution >= 0.6 is 0 Å². The standard InChI is InChI=1S/C14H20N2/c1-12-14-9-5-6-10-15(14)11-16(12)13-7-3-2-4-8-13/h2-4,7-8,12,14H,5-6,9-11H2,1H3/t12-,14+/m0/s1. The summed E-state index contributed by atoms with van der Waals surface area (Å²) in [6.07, 6.45) is 4.17. The number of benzene rings is 1. The van der Waals surface area contributed by atoms with Crippen LogP contribution in [0, 0.1) is 0 Å². The van der Waals surface area contributed by atoms with Crippen LogP contribution in [0.25, 0.3) is 0 Å². The van der Waals surface area contributed by atoms with Crippen molar-refractivity contribution in [1.82, 2.24) is 4.90 Å². The maximum absolute atomic E-state index is 2.65. The number of hydrogen-bond donors (Lipinski definition) is 0. The lowest BCUT2D eigenvalue weighted by Gasteiger charge is -2.29. The Labute approximate surface area is 97.9 Å². The molecule has 86 valence electrons. The molecule has 2 aliphatic rings. The van der Waals surface area contributed by atoms with Crippen molar-refractivity contribution in [3.63, 3.8) is 0 Å². The van der Waals surface area contributed by atoms with Crippen LogP contribution in [0.3, 0.4) is 0 Å². The molecule has 0 N–H and O–H groups in total. The fourth-order valence-electron chi connectivity index (χ4n) is 3.21. The van der Waals surface area contributed by atoms with Gasteiger partial charge in [0.25, 0.3) is 0 Å². The summed E-state index contributed by atoms with van der Waals surface area (Å²) < 4.78 is 0. The Morgan fingerprint density at radius 2 is 1.94 bits per heavy atom. The fraction of sp³-hybridized carbons (Fsp3) is 0.571. The first-order valence-electron chi connectivity index (χ1n) is 6.42. The number of nitrogens with zero attached hydrogens (tertiary/aromatic N) is 2. The van der Waals surface area contributed by atoms with E-state index in [2.05, 4.69) is 47.1 Å². The Morgan fingerprint density at radius 1 is 1.12 bits per heavy atom. The first-order chi connectivity index (χ1) is 7.86. The zero-order valence-corrected chi connectivity index (χ0v) is 9.97. The highest BCUT2D eigenvalue weighted by molar-refractivity contribution is 5.48. The molecule has 0 spiro atoms. The number of anilines is 1. The fourth-order valence-corrected chi connectivity index (χ4v) is 3.21. The molecular weight excluding hydrogens is 196 g/mol. The lowest BCUT2D eigenvalue weighted by molar-refractivity contribution is 0.191. The van der Waals surface area contributed by atoms with E-state index < -0.39 is 0 Å². The van der Waals surface area contributed by atoms with Crippen LogP contribution < -0.4 is 4.90 Å². The average molecular weight is 216 g/mol. The molecule has 2 fully saturated rings. The molecule has 0 aliphatic carbocycles. The van der Waals surface area contributed by atoms with E-state index >= 15 is 0 Å². The van der Waals surface area contributed by atoms with Gasteiger partial charge in [-0.05, 0) is 31.9 Å². The van der Waals surface area contributed by atoms with Gasteiger partial charge in [-0.25, -0.2) is 0 Å². The maximum atomic E-state index is 2.65. The second-order valence-electron chi connectivity index (χ2n) is 5.06. The second kappa shape index (κ2) is 4.10. The smallest absolute Gasteiger partial charge is 0.0713 e. The van der Waals surface area contributed by atoms with Crippen LogP contribution in [-0.4, -0.2) is 30.2 Å². The topological polar surface area (TPSA) is 6.48 Å².